The van der Waals surface area contributed by atoms with E-state index in [9.17, 15) is 22.8 Å². The topological polar surface area (TPSA) is 118 Å². The smallest absolute Gasteiger partial charge is 0.475 e. The molecule has 5 rings (SSSR count). The molecular weight excluding hydrogens is 483 g/mol. The number of alkyl halides is 3. The number of hydrogen-bond acceptors (Lipinski definition) is 6. The third-order valence-corrected chi connectivity index (χ3v) is 6.53. The molecule has 1 unspecified atom stereocenters. The molecule has 0 aliphatic carbocycles. The number of imidazole rings is 1. The Balaban J connectivity index is 0.000000384. The van der Waals surface area contributed by atoms with Gasteiger partial charge in [0.15, 0.2) is 6.10 Å². The highest BCUT2D eigenvalue weighted by Gasteiger charge is 2.48. The van der Waals surface area contributed by atoms with Gasteiger partial charge in [0.05, 0.1) is 6.54 Å². The number of carboxylic acid groups (broad SMARTS) is 1. The van der Waals surface area contributed by atoms with E-state index in [2.05, 4.69) is 14.5 Å². The van der Waals surface area contributed by atoms with Crippen LogP contribution in [0.25, 0.3) is 0 Å². The minimum atomic E-state index is -5.08. The Morgan fingerprint density at radius 1 is 1.00 bits per heavy atom. The minimum absolute atomic E-state index is 0.0655. The average molecular weight is 509 g/mol. The number of halogens is 3. The number of ether oxygens (including phenoxy) is 1. The van der Waals surface area contributed by atoms with E-state index < -0.39 is 23.9 Å². The number of nitrogens with zero attached hydrogens (tertiary/aromatic N) is 5. The van der Waals surface area contributed by atoms with Gasteiger partial charge in [0.2, 0.25) is 0 Å². The maximum atomic E-state index is 13.0. The Morgan fingerprint density at radius 2 is 1.67 bits per heavy atom. The van der Waals surface area contributed by atoms with Crippen LogP contribution in [-0.4, -0.2) is 85.7 Å². The van der Waals surface area contributed by atoms with Gasteiger partial charge < -0.3 is 24.2 Å². The van der Waals surface area contributed by atoms with E-state index in [0.29, 0.717) is 38.2 Å². The van der Waals surface area contributed by atoms with E-state index in [-0.39, 0.29) is 11.8 Å². The first kappa shape index (κ1) is 25.6. The summed E-state index contributed by atoms with van der Waals surface area (Å²) in [6.07, 6.45) is 3.11. The summed E-state index contributed by atoms with van der Waals surface area (Å²) in [5, 5.41) is 7.12. The molecule has 2 fully saturated rings. The first-order valence-corrected chi connectivity index (χ1v) is 11.6. The van der Waals surface area contributed by atoms with E-state index in [0.717, 1.165) is 31.8 Å². The third kappa shape index (κ3) is 5.35. The van der Waals surface area contributed by atoms with Crippen molar-refractivity contribution in [1.82, 2.24) is 24.3 Å². The molecule has 194 valence electrons. The minimum Gasteiger partial charge on any atom is -0.475 e. The van der Waals surface area contributed by atoms with Crippen molar-refractivity contribution >= 4 is 17.8 Å². The molecule has 0 radical (unpaired) electrons. The molecule has 3 aliphatic heterocycles. The number of carbonyl (C=O) groups is 3. The predicted molar refractivity (Wildman–Crippen MR) is 118 cm³/mol. The normalized spacial score (nSPS) is 20.9. The molecule has 13 heteroatoms. The monoisotopic (exact) mass is 509 g/mol. The van der Waals surface area contributed by atoms with Gasteiger partial charge in [0, 0.05) is 57.6 Å². The first-order chi connectivity index (χ1) is 17.1. The lowest BCUT2D eigenvalue weighted by Crippen LogP contribution is -2.55. The van der Waals surface area contributed by atoms with Crippen LogP contribution in [0, 0.1) is 0 Å². The van der Waals surface area contributed by atoms with E-state index in [4.69, 9.17) is 14.6 Å². The van der Waals surface area contributed by atoms with Crippen molar-refractivity contribution in [3.63, 3.8) is 0 Å². The van der Waals surface area contributed by atoms with E-state index in [1.54, 1.807) is 24.5 Å². The molecule has 0 aromatic carbocycles. The number of rotatable bonds is 2. The zero-order chi connectivity index (χ0) is 25.9. The molecule has 1 N–H and O–H groups in total. The second kappa shape index (κ2) is 10.2. The number of fused-ring (bicyclic) bond motifs is 2. The summed E-state index contributed by atoms with van der Waals surface area (Å²) >= 11 is 0. The molecule has 36 heavy (non-hydrogen) atoms. The maximum absolute atomic E-state index is 13.0. The van der Waals surface area contributed by atoms with Crippen LogP contribution in [0.15, 0.2) is 36.8 Å². The standard InChI is InChI=1S/C21H25N5O3.C2HF3O2/c27-18(16-5-1-2-8-22-16)25-12-6-21(7-13-25)20-23-9-14-26(20)15-17(29-21)19(28)24-10-3-4-11-24;3-2(4,5)1(6)7/h1-2,5,8-9,14,17H,3-4,6-7,10-13,15H2;(H,6,7). The van der Waals surface area contributed by atoms with E-state index in [1.807, 2.05) is 22.1 Å². The Bertz CT molecular complexity index is 1090. The van der Waals surface area contributed by atoms with Crippen LogP contribution >= 0.6 is 0 Å². The number of piperidine rings is 1. The first-order valence-electron chi connectivity index (χ1n) is 11.6. The fourth-order valence-electron chi connectivity index (χ4n) is 4.73. The summed E-state index contributed by atoms with van der Waals surface area (Å²) in [6.45, 7) is 3.23. The zero-order valence-corrected chi connectivity index (χ0v) is 19.4. The fraction of sp³-hybridized carbons (Fsp3) is 0.522. The number of aromatic nitrogens is 3. The van der Waals surface area contributed by atoms with Crippen molar-refractivity contribution < 1.29 is 37.4 Å². The molecule has 2 saturated heterocycles. The molecule has 5 heterocycles. The van der Waals surface area contributed by atoms with Crippen LogP contribution in [0.3, 0.4) is 0 Å². The molecule has 0 bridgehead atoms. The van der Waals surface area contributed by atoms with Crippen molar-refractivity contribution in [3.05, 3.63) is 48.3 Å². The summed E-state index contributed by atoms with van der Waals surface area (Å²) in [7, 11) is 0. The lowest BCUT2D eigenvalue weighted by molar-refractivity contribution is -0.192. The number of carboxylic acids is 1. The zero-order valence-electron chi connectivity index (χ0n) is 19.4. The Kier molecular flexibility index (Phi) is 7.29. The summed E-state index contributed by atoms with van der Waals surface area (Å²) in [5.74, 6) is -1.88. The van der Waals surface area contributed by atoms with Gasteiger partial charge in [-0.25, -0.2) is 9.78 Å². The number of carbonyl (C=O) groups excluding carboxylic acids is 2. The van der Waals surface area contributed by atoms with Crippen molar-refractivity contribution in [2.45, 2.75) is 50.1 Å². The van der Waals surface area contributed by atoms with Gasteiger partial charge in [0.1, 0.15) is 17.1 Å². The third-order valence-electron chi connectivity index (χ3n) is 6.53. The average Bonchev–Trinajstić information content (AvgIpc) is 3.57. The van der Waals surface area contributed by atoms with Crippen molar-refractivity contribution in [2.75, 3.05) is 26.2 Å². The van der Waals surface area contributed by atoms with Gasteiger partial charge in [-0.2, -0.15) is 13.2 Å². The highest BCUT2D eigenvalue weighted by molar-refractivity contribution is 5.92. The van der Waals surface area contributed by atoms with Crippen molar-refractivity contribution in [2.24, 2.45) is 0 Å². The Morgan fingerprint density at radius 3 is 2.25 bits per heavy atom. The fourth-order valence-corrected chi connectivity index (χ4v) is 4.73. The number of likely N-dealkylation sites (tertiary alicyclic amines) is 2. The van der Waals surface area contributed by atoms with Crippen molar-refractivity contribution in [1.29, 1.82) is 0 Å². The summed E-state index contributed by atoms with van der Waals surface area (Å²) in [4.78, 5) is 47.1. The summed E-state index contributed by atoms with van der Waals surface area (Å²) in [5.41, 5.74) is -0.167. The molecule has 0 saturated carbocycles. The van der Waals surface area contributed by atoms with Crippen LogP contribution in [-0.2, 0) is 26.5 Å². The van der Waals surface area contributed by atoms with Gasteiger partial charge in [-0.1, -0.05) is 6.07 Å². The molecule has 3 aliphatic rings. The second-order valence-electron chi connectivity index (χ2n) is 8.85. The van der Waals surface area contributed by atoms with Crippen LogP contribution in [0.2, 0.25) is 0 Å². The highest BCUT2D eigenvalue weighted by Crippen LogP contribution is 2.40. The molecular formula is C23H26F3N5O5. The lowest BCUT2D eigenvalue weighted by atomic mass is 9.88. The van der Waals surface area contributed by atoms with Gasteiger partial charge in [-0.3, -0.25) is 14.6 Å². The Hall–Kier alpha value is -3.48. The SMILES string of the molecule is O=C(O)C(F)(F)F.O=C(c1ccccn1)N1CCC2(CC1)OC(C(=O)N1CCCC1)Cn1ccnc12. The van der Waals surface area contributed by atoms with Crippen LogP contribution in [0.4, 0.5) is 13.2 Å². The second-order valence-corrected chi connectivity index (χ2v) is 8.85. The van der Waals surface area contributed by atoms with Crippen molar-refractivity contribution in [3.8, 4) is 0 Å². The van der Waals surface area contributed by atoms with Gasteiger partial charge >= 0.3 is 12.1 Å². The number of pyridine rings is 1. The molecule has 1 atom stereocenters. The van der Waals surface area contributed by atoms with Gasteiger partial charge in [-0.15, -0.1) is 0 Å². The predicted octanol–water partition coefficient (Wildman–Crippen LogP) is 2.06. The van der Waals surface area contributed by atoms with Crippen LogP contribution in [0.1, 0.15) is 42.0 Å². The molecule has 2 aromatic heterocycles. The van der Waals surface area contributed by atoms with E-state index >= 15 is 0 Å². The van der Waals surface area contributed by atoms with Gasteiger partial charge in [-0.05, 0) is 25.0 Å². The quantitative estimate of drug-likeness (QED) is 0.659. The molecule has 10 nitrogen and oxygen atoms in total. The van der Waals surface area contributed by atoms with Gasteiger partial charge in [0.25, 0.3) is 11.8 Å². The molecule has 1 spiro atoms. The van der Waals surface area contributed by atoms with Crippen LogP contribution in [0.5, 0.6) is 0 Å². The number of hydrogen-bond donors (Lipinski definition) is 1. The summed E-state index contributed by atoms with van der Waals surface area (Å²) < 4.78 is 40.3. The summed E-state index contributed by atoms with van der Waals surface area (Å²) in [6, 6.07) is 5.36. The highest BCUT2D eigenvalue weighted by atomic mass is 19.4. The van der Waals surface area contributed by atoms with E-state index in [1.165, 1.54) is 0 Å². The maximum Gasteiger partial charge on any atom is 0.490 e. The lowest BCUT2D eigenvalue weighted by Gasteiger charge is -2.45. The number of aliphatic carboxylic acids is 1. The number of amides is 2. The molecule has 2 amide bonds. The molecule has 2 aromatic rings. The van der Waals surface area contributed by atoms with Crippen LogP contribution < -0.4 is 0 Å². The Labute approximate surface area is 204 Å². The largest absolute Gasteiger partial charge is 0.490 e.